The van der Waals surface area contributed by atoms with Crippen molar-refractivity contribution in [1.29, 1.82) is 0 Å². The van der Waals surface area contributed by atoms with Gasteiger partial charge in [-0.2, -0.15) is 0 Å². The molecule has 1 atom stereocenters. The number of rotatable bonds is 3. The zero-order chi connectivity index (χ0) is 24.3. The molecule has 2 heterocycles. The lowest BCUT2D eigenvalue weighted by Crippen LogP contribution is -2.33. The molecule has 2 aliphatic heterocycles. The number of benzene rings is 5. The highest BCUT2D eigenvalue weighted by molar-refractivity contribution is 5.99. The van der Waals surface area contributed by atoms with Gasteiger partial charge in [-0.05, 0) is 53.9 Å². The van der Waals surface area contributed by atoms with Gasteiger partial charge in [0.15, 0.2) is 5.60 Å². The summed E-state index contributed by atoms with van der Waals surface area (Å²) in [6.07, 6.45) is 0. The molecule has 0 aliphatic carbocycles. The van der Waals surface area contributed by atoms with Crippen LogP contribution in [0.1, 0.15) is 27.0 Å². The molecule has 0 amide bonds. The minimum Gasteiger partial charge on any atom is -0.497 e. The molecule has 1 unspecified atom stereocenters. The fourth-order valence-corrected chi connectivity index (χ4v) is 5.32. The molecule has 5 nitrogen and oxygen atoms in total. The predicted molar refractivity (Wildman–Crippen MR) is 138 cm³/mol. The highest BCUT2D eigenvalue weighted by Crippen LogP contribution is 2.57. The van der Waals surface area contributed by atoms with Crippen LogP contribution < -0.4 is 14.8 Å². The largest absolute Gasteiger partial charge is 0.497 e. The Kier molecular flexibility index (Phi) is 4.36. The normalized spacial score (nSPS) is 17.1. The Morgan fingerprint density at radius 3 is 2.36 bits per heavy atom. The van der Waals surface area contributed by atoms with Gasteiger partial charge < -0.3 is 19.5 Å². The van der Waals surface area contributed by atoms with Crippen molar-refractivity contribution in [3.8, 4) is 17.2 Å². The zero-order valence-corrected chi connectivity index (χ0v) is 19.4. The summed E-state index contributed by atoms with van der Waals surface area (Å²) in [5.41, 5.74) is 3.71. The number of carbonyl (C=O) groups is 1. The first-order valence-electron chi connectivity index (χ1n) is 11.8. The molecular weight excluding hydrogens is 450 g/mol. The van der Waals surface area contributed by atoms with Gasteiger partial charge in [-0.3, -0.25) is 0 Å². The third-order valence-corrected chi connectivity index (χ3v) is 6.98. The minimum absolute atomic E-state index is 0.335. The van der Waals surface area contributed by atoms with Crippen molar-refractivity contribution in [1.82, 2.24) is 0 Å². The molecule has 5 heteroatoms. The molecule has 0 radical (unpaired) electrons. The molecule has 2 aliphatic rings. The van der Waals surface area contributed by atoms with Gasteiger partial charge in [0.05, 0.1) is 12.7 Å². The number of fused-ring (bicyclic) bond motifs is 8. The SMILES string of the molecule is COc1ccc(Nc2ccc3c(c2)Oc2c(ccc4ccccc24)C32OC(=O)c3ccccc32)cc1. The van der Waals surface area contributed by atoms with E-state index in [2.05, 4.69) is 17.4 Å². The summed E-state index contributed by atoms with van der Waals surface area (Å²) in [5, 5.41) is 5.45. The number of hydrogen-bond donors (Lipinski definition) is 1. The molecule has 174 valence electrons. The second-order valence-electron chi connectivity index (χ2n) is 8.95. The number of hydrogen-bond acceptors (Lipinski definition) is 5. The van der Waals surface area contributed by atoms with Crippen LogP contribution in [-0.2, 0) is 10.3 Å². The average molecular weight is 472 g/mol. The number of carbonyl (C=O) groups excluding carboxylic acids is 1. The molecule has 0 saturated carbocycles. The van der Waals surface area contributed by atoms with Crippen LogP contribution in [0.4, 0.5) is 11.4 Å². The maximum atomic E-state index is 13.1. The van der Waals surface area contributed by atoms with Crippen molar-refractivity contribution in [3.05, 3.63) is 125 Å². The number of methoxy groups -OCH3 is 1. The Bertz CT molecular complexity index is 1670. The summed E-state index contributed by atoms with van der Waals surface area (Å²) < 4.78 is 18.1. The van der Waals surface area contributed by atoms with Gasteiger partial charge >= 0.3 is 5.97 Å². The fraction of sp³-hybridized carbons (Fsp3) is 0.0645. The monoisotopic (exact) mass is 471 g/mol. The Morgan fingerprint density at radius 1 is 0.750 bits per heavy atom. The van der Waals surface area contributed by atoms with Crippen LogP contribution in [0.3, 0.4) is 0 Å². The lowest BCUT2D eigenvalue weighted by molar-refractivity contribution is 0.0225. The first kappa shape index (κ1) is 20.6. The van der Waals surface area contributed by atoms with E-state index in [-0.39, 0.29) is 5.97 Å². The second kappa shape index (κ2) is 7.62. The number of esters is 1. The van der Waals surface area contributed by atoms with Gasteiger partial charge in [0, 0.05) is 39.5 Å². The van der Waals surface area contributed by atoms with Gasteiger partial charge in [0.1, 0.15) is 17.2 Å². The third kappa shape index (κ3) is 2.86. The summed E-state index contributed by atoms with van der Waals surface area (Å²) in [5.74, 6) is 1.80. The van der Waals surface area contributed by atoms with Crippen LogP contribution in [0.5, 0.6) is 17.2 Å². The predicted octanol–water partition coefficient (Wildman–Crippen LogP) is 7.16. The van der Waals surface area contributed by atoms with E-state index in [1.807, 2.05) is 91.0 Å². The quantitative estimate of drug-likeness (QED) is 0.283. The number of anilines is 2. The van der Waals surface area contributed by atoms with Crippen LogP contribution in [-0.4, -0.2) is 13.1 Å². The van der Waals surface area contributed by atoms with Crippen molar-refractivity contribution in [2.75, 3.05) is 12.4 Å². The molecule has 0 fully saturated rings. The van der Waals surface area contributed by atoms with Crippen LogP contribution >= 0.6 is 0 Å². The third-order valence-electron chi connectivity index (χ3n) is 6.98. The van der Waals surface area contributed by atoms with E-state index in [0.717, 1.165) is 44.6 Å². The molecule has 0 aromatic heterocycles. The highest BCUT2D eigenvalue weighted by Gasteiger charge is 2.53. The second-order valence-corrected chi connectivity index (χ2v) is 8.95. The zero-order valence-electron chi connectivity index (χ0n) is 19.4. The summed E-state index contributed by atoms with van der Waals surface area (Å²) in [7, 11) is 1.65. The molecule has 0 saturated heterocycles. The van der Waals surface area contributed by atoms with E-state index in [1.165, 1.54) is 0 Å². The topological polar surface area (TPSA) is 56.8 Å². The fourth-order valence-electron chi connectivity index (χ4n) is 5.32. The summed E-state index contributed by atoms with van der Waals surface area (Å²) in [6, 6.07) is 33.4. The summed E-state index contributed by atoms with van der Waals surface area (Å²) in [6.45, 7) is 0. The van der Waals surface area contributed by atoms with Gasteiger partial charge in [-0.15, -0.1) is 0 Å². The van der Waals surface area contributed by atoms with E-state index < -0.39 is 5.60 Å². The minimum atomic E-state index is -1.08. The number of ether oxygens (including phenoxy) is 3. The lowest BCUT2D eigenvalue weighted by atomic mass is 9.77. The molecule has 0 bridgehead atoms. The standard InChI is InChI=1S/C31H21NO4/c1-34-22-14-11-20(12-15-22)32-21-13-17-26-28(18-21)35-29-23-7-3-2-6-19(23)10-16-27(29)31(26)25-9-5-4-8-24(25)30(33)36-31/h2-18,32H,1H3. The van der Waals surface area contributed by atoms with E-state index in [9.17, 15) is 4.79 Å². The molecule has 36 heavy (non-hydrogen) atoms. The van der Waals surface area contributed by atoms with Crippen molar-refractivity contribution in [2.24, 2.45) is 0 Å². The van der Waals surface area contributed by atoms with E-state index in [0.29, 0.717) is 17.1 Å². The molecule has 1 N–H and O–H groups in total. The Hall–Kier alpha value is -4.77. The summed E-state index contributed by atoms with van der Waals surface area (Å²) in [4.78, 5) is 13.1. The average Bonchev–Trinajstić information content (AvgIpc) is 3.22. The van der Waals surface area contributed by atoms with Crippen LogP contribution in [0, 0.1) is 0 Å². The molecule has 7 rings (SSSR count). The Balaban J connectivity index is 1.43. The van der Waals surface area contributed by atoms with Crippen molar-refractivity contribution < 1.29 is 19.0 Å². The molecule has 5 aromatic rings. The maximum Gasteiger partial charge on any atom is 0.340 e. The van der Waals surface area contributed by atoms with Crippen LogP contribution in [0.2, 0.25) is 0 Å². The maximum absolute atomic E-state index is 13.1. The smallest absolute Gasteiger partial charge is 0.340 e. The molecule has 1 spiro atoms. The summed E-state index contributed by atoms with van der Waals surface area (Å²) >= 11 is 0. The first-order chi connectivity index (χ1) is 17.7. The highest BCUT2D eigenvalue weighted by atomic mass is 16.6. The van der Waals surface area contributed by atoms with E-state index >= 15 is 0 Å². The first-order valence-corrected chi connectivity index (χ1v) is 11.8. The van der Waals surface area contributed by atoms with Gasteiger partial charge in [-0.1, -0.05) is 48.5 Å². The van der Waals surface area contributed by atoms with E-state index in [4.69, 9.17) is 14.2 Å². The van der Waals surface area contributed by atoms with E-state index in [1.54, 1.807) is 7.11 Å². The van der Waals surface area contributed by atoms with Crippen molar-refractivity contribution in [2.45, 2.75) is 5.60 Å². The van der Waals surface area contributed by atoms with Crippen molar-refractivity contribution in [3.63, 3.8) is 0 Å². The van der Waals surface area contributed by atoms with Crippen molar-refractivity contribution >= 4 is 28.1 Å². The molecular formula is C31H21NO4. The van der Waals surface area contributed by atoms with Gasteiger partial charge in [0.2, 0.25) is 0 Å². The van der Waals surface area contributed by atoms with Gasteiger partial charge in [-0.25, -0.2) is 4.79 Å². The number of nitrogens with one attached hydrogen (secondary N) is 1. The lowest BCUT2D eigenvalue weighted by Gasteiger charge is -2.37. The Morgan fingerprint density at radius 2 is 1.50 bits per heavy atom. The van der Waals surface area contributed by atoms with Crippen LogP contribution in [0.15, 0.2) is 103 Å². The molecule has 5 aromatic carbocycles. The van der Waals surface area contributed by atoms with Crippen LogP contribution in [0.25, 0.3) is 10.8 Å². The Labute approximate surface area is 207 Å². The van der Waals surface area contributed by atoms with Gasteiger partial charge in [0.25, 0.3) is 0 Å².